The predicted octanol–water partition coefficient (Wildman–Crippen LogP) is 2.02. The quantitative estimate of drug-likeness (QED) is 0.702. The molecule has 0 radical (unpaired) electrons. The van der Waals surface area contributed by atoms with Crippen molar-refractivity contribution in [3.8, 4) is 0 Å². The fourth-order valence-corrected chi connectivity index (χ4v) is 1.86. The summed E-state index contributed by atoms with van der Waals surface area (Å²) in [6, 6.07) is 0. The van der Waals surface area contributed by atoms with Gasteiger partial charge in [-0.15, -0.1) is 0 Å². The molecule has 0 bridgehead atoms. The first kappa shape index (κ1) is 11.0. The van der Waals surface area contributed by atoms with Crippen molar-refractivity contribution < 1.29 is 14.7 Å². The third kappa shape index (κ3) is 1.72. The lowest BCUT2D eigenvalue weighted by atomic mass is 9.90. The van der Waals surface area contributed by atoms with Gasteiger partial charge in [0.15, 0.2) is 11.6 Å². The second kappa shape index (κ2) is 3.95. The molecule has 3 nitrogen and oxygen atoms in total. The number of rotatable bonds is 3. The summed E-state index contributed by atoms with van der Waals surface area (Å²) in [4.78, 5) is 22.5. The topological polar surface area (TPSA) is 54.4 Å². The van der Waals surface area contributed by atoms with Crippen LogP contribution in [-0.2, 0) is 9.59 Å². The van der Waals surface area contributed by atoms with Crippen molar-refractivity contribution in [2.45, 2.75) is 33.6 Å². The van der Waals surface area contributed by atoms with Gasteiger partial charge in [0.2, 0.25) is 0 Å². The number of hydrogen-bond acceptors (Lipinski definition) is 3. The molecule has 0 aromatic carbocycles. The molecule has 0 spiro atoms. The molecule has 0 saturated carbocycles. The fraction of sp³-hybridized carbons (Fsp3) is 0.636. The SMILES string of the molecule is CCC(C)C1CC(=O)C(C(C)=O)=C1O. The second-order valence-corrected chi connectivity index (χ2v) is 3.94. The van der Waals surface area contributed by atoms with Crippen LogP contribution in [0.4, 0.5) is 0 Å². The van der Waals surface area contributed by atoms with E-state index in [1.807, 2.05) is 13.8 Å². The molecule has 2 unspecified atom stereocenters. The van der Waals surface area contributed by atoms with Gasteiger partial charge in [0.1, 0.15) is 5.76 Å². The molecule has 1 aliphatic rings. The zero-order chi connectivity index (χ0) is 10.9. The summed E-state index contributed by atoms with van der Waals surface area (Å²) < 4.78 is 0. The molecule has 78 valence electrons. The van der Waals surface area contributed by atoms with Crippen LogP contribution in [0.25, 0.3) is 0 Å². The molecular weight excluding hydrogens is 180 g/mol. The molecule has 1 rings (SSSR count). The smallest absolute Gasteiger partial charge is 0.170 e. The highest BCUT2D eigenvalue weighted by molar-refractivity contribution is 6.21. The molecule has 0 saturated heterocycles. The highest BCUT2D eigenvalue weighted by Gasteiger charge is 2.36. The monoisotopic (exact) mass is 196 g/mol. The van der Waals surface area contributed by atoms with Gasteiger partial charge in [0.25, 0.3) is 0 Å². The standard InChI is InChI=1S/C11H16O3/c1-4-6(2)8-5-9(13)10(7(3)12)11(8)14/h6,8,14H,4-5H2,1-3H3. The number of ketones is 2. The molecule has 14 heavy (non-hydrogen) atoms. The van der Waals surface area contributed by atoms with Gasteiger partial charge in [0, 0.05) is 12.3 Å². The number of carbonyl (C=O) groups excluding carboxylic acids is 2. The number of hydrogen-bond donors (Lipinski definition) is 1. The van der Waals surface area contributed by atoms with E-state index in [0.717, 1.165) is 6.42 Å². The summed E-state index contributed by atoms with van der Waals surface area (Å²) in [6.45, 7) is 5.31. The van der Waals surface area contributed by atoms with Crippen LogP contribution in [0.2, 0.25) is 0 Å². The zero-order valence-electron chi connectivity index (χ0n) is 8.83. The predicted molar refractivity (Wildman–Crippen MR) is 52.9 cm³/mol. The van der Waals surface area contributed by atoms with Gasteiger partial charge < -0.3 is 5.11 Å². The van der Waals surface area contributed by atoms with Crippen LogP contribution in [0.1, 0.15) is 33.6 Å². The van der Waals surface area contributed by atoms with Crippen LogP contribution < -0.4 is 0 Å². The van der Waals surface area contributed by atoms with Gasteiger partial charge in [-0.1, -0.05) is 20.3 Å². The summed E-state index contributed by atoms with van der Waals surface area (Å²) in [5, 5.41) is 9.73. The fourth-order valence-electron chi connectivity index (χ4n) is 1.86. The number of allylic oxidation sites excluding steroid dienone is 2. The van der Waals surface area contributed by atoms with E-state index in [4.69, 9.17) is 0 Å². The third-order valence-corrected chi connectivity index (χ3v) is 2.97. The normalized spacial score (nSPS) is 24.2. The zero-order valence-corrected chi connectivity index (χ0v) is 8.83. The van der Waals surface area contributed by atoms with Crippen LogP contribution in [0.15, 0.2) is 11.3 Å². The van der Waals surface area contributed by atoms with E-state index in [1.54, 1.807) is 0 Å². The molecule has 0 amide bonds. The Kier molecular flexibility index (Phi) is 3.09. The van der Waals surface area contributed by atoms with E-state index in [-0.39, 0.29) is 41.2 Å². The Hall–Kier alpha value is -1.12. The van der Waals surface area contributed by atoms with Gasteiger partial charge in [-0.2, -0.15) is 0 Å². The van der Waals surface area contributed by atoms with Crippen molar-refractivity contribution in [3.63, 3.8) is 0 Å². The molecule has 3 heteroatoms. The van der Waals surface area contributed by atoms with Crippen molar-refractivity contribution in [2.75, 3.05) is 0 Å². The number of aliphatic hydroxyl groups excluding tert-OH is 1. The molecule has 0 aromatic rings. The van der Waals surface area contributed by atoms with Crippen LogP contribution in [0.5, 0.6) is 0 Å². The van der Waals surface area contributed by atoms with Crippen LogP contribution >= 0.6 is 0 Å². The van der Waals surface area contributed by atoms with Crippen molar-refractivity contribution in [3.05, 3.63) is 11.3 Å². The maximum absolute atomic E-state index is 11.4. The average Bonchev–Trinajstić information content (AvgIpc) is 2.40. The average molecular weight is 196 g/mol. The molecule has 2 atom stereocenters. The first-order valence-electron chi connectivity index (χ1n) is 4.96. The first-order chi connectivity index (χ1) is 6.49. The molecule has 0 aromatic heterocycles. The summed E-state index contributed by atoms with van der Waals surface area (Å²) in [5.41, 5.74) is 0.0234. The van der Waals surface area contributed by atoms with Crippen LogP contribution in [-0.4, -0.2) is 16.7 Å². The minimum Gasteiger partial charge on any atom is -0.511 e. The van der Waals surface area contributed by atoms with Crippen molar-refractivity contribution in [2.24, 2.45) is 11.8 Å². The van der Waals surface area contributed by atoms with Crippen LogP contribution in [0, 0.1) is 11.8 Å². The van der Waals surface area contributed by atoms with Crippen LogP contribution in [0.3, 0.4) is 0 Å². The lowest BCUT2D eigenvalue weighted by molar-refractivity contribution is -0.120. The lowest BCUT2D eigenvalue weighted by Crippen LogP contribution is -2.11. The number of aliphatic hydroxyl groups is 1. The molecule has 0 fully saturated rings. The Balaban J connectivity index is 2.98. The highest BCUT2D eigenvalue weighted by atomic mass is 16.3. The summed E-state index contributed by atoms with van der Waals surface area (Å²) >= 11 is 0. The Morgan fingerprint density at radius 1 is 1.64 bits per heavy atom. The van der Waals surface area contributed by atoms with E-state index < -0.39 is 0 Å². The van der Waals surface area contributed by atoms with Gasteiger partial charge in [0.05, 0.1) is 5.57 Å². The van der Waals surface area contributed by atoms with Gasteiger partial charge in [-0.05, 0) is 12.8 Å². The Morgan fingerprint density at radius 3 is 2.57 bits per heavy atom. The minimum atomic E-state index is -0.321. The first-order valence-corrected chi connectivity index (χ1v) is 4.96. The molecular formula is C11H16O3. The van der Waals surface area contributed by atoms with Crippen molar-refractivity contribution in [1.82, 2.24) is 0 Å². The largest absolute Gasteiger partial charge is 0.511 e. The number of Topliss-reactive ketones (excluding diaryl/α,β-unsaturated/α-hetero) is 2. The molecule has 1 N–H and O–H groups in total. The second-order valence-electron chi connectivity index (χ2n) is 3.94. The molecule has 0 heterocycles. The molecule has 1 aliphatic carbocycles. The van der Waals surface area contributed by atoms with E-state index in [9.17, 15) is 14.7 Å². The van der Waals surface area contributed by atoms with E-state index in [1.165, 1.54) is 6.92 Å². The minimum absolute atomic E-state index is 0.0110. The maximum Gasteiger partial charge on any atom is 0.170 e. The highest BCUT2D eigenvalue weighted by Crippen LogP contribution is 2.34. The summed E-state index contributed by atoms with van der Waals surface area (Å²) in [5.74, 6) is -0.419. The Bertz CT molecular complexity index is 302. The Labute approximate surface area is 83.8 Å². The van der Waals surface area contributed by atoms with E-state index in [2.05, 4.69) is 0 Å². The van der Waals surface area contributed by atoms with Gasteiger partial charge in [-0.25, -0.2) is 0 Å². The molecule has 0 aliphatic heterocycles. The number of carbonyl (C=O) groups is 2. The van der Waals surface area contributed by atoms with Crippen molar-refractivity contribution in [1.29, 1.82) is 0 Å². The van der Waals surface area contributed by atoms with E-state index in [0.29, 0.717) is 0 Å². The Morgan fingerprint density at radius 2 is 2.21 bits per heavy atom. The summed E-state index contributed by atoms with van der Waals surface area (Å²) in [7, 11) is 0. The van der Waals surface area contributed by atoms with Crippen molar-refractivity contribution >= 4 is 11.6 Å². The van der Waals surface area contributed by atoms with Gasteiger partial charge in [-0.3, -0.25) is 9.59 Å². The summed E-state index contributed by atoms with van der Waals surface area (Å²) in [6.07, 6.45) is 1.18. The maximum atomic E-state index is 11.4. The van der Waals surface area contributed by atoms with Gasteiger partial charge >= 0.3 is 0 Å². The van der Waals surface area contributed by atoms with E-state index >= 15 is 0 Å². The third-order valence-electron chi connectivity index (χ3n) is 2.97. The lowest BCUT2D eigenvalue weighted by Gasteiger charge is -2.16.